The second-order valence-corrected chi connectivity index (χ2v) is 6.42. The van der Waals surface area contributed by atoms with E-state index >= 15 is 0 Å². The number of halogens is 1. The summed E-state index contributed by atoms with van der Waals surface area (Å²) in [6.45, 7) is 4.54. The summed E-state index contributed by atoms with van der Waals surface area (Å²) in [7, 11) is 0. The highest BCUT2D eigenvalue weighted by molar-refractivity contribution is 6.32. The Bertz CT molecular complexity index is 728. The van der Waals surface area contributed by atoms with E-state index < -0.39 is 0 Å². The van der Waals surface area contributed by atoms with Gasteiger partial charge in [0.1, 0.15) is 5.75 Å². The van der Waals surface area contributed by atoms with Crippen molar-refractivity contribution in [1.82, 2.24) is 20.3 Å². The summed E-state index contributed by atoms with van der Waals surface area (Å²) in [6, 6.07) is 5.47. The fraction of sp³-hybridized carbons (Fsp3) is 0.471. The zero-order chi connectivity index (χ0) is 17.6. The first-order chi connectivity index (χ1) is 12.2. The fourth-order valence-electron chi connectivity index (χ4n) is 2.73. The molecule has 0 saturated carbocycles. The van der Waals surface area contributed by atoms with Crippen LogP contribution in [-0.2, 0) is 0 Å². The highest BCUT2D eigenvalue weighted by Crippen LogP contribution is 2.28. The van der Waals surface area contributed by atoms with Crippen LogP contribution in [0.2, 0.25) is 5.02 Å². The van der Waals surface area contributed by atoms with Crippen molar-refractivity contribution in [3.8, 4) is 5.75 Å². The summed E-state index contributed by atoms with van der Waals surface area (Å²) < 4.78 is 7.31. The molecule has 8 heteroatoms. The number of carbonyl (C=O) groups excluding carboxylic acids is 1. The number of rotatable bonds is 6. The van der Waals surface area contributed by atoms with E-state index in [0.717, 1.165) is 32.4 Å². The monoisotopic (exact) mass is 363 g/mol. The van der Waals surface area contributed by atoms with E-state index in [-0.39, 0.29) is 5.91 Å². The van der Waals surface area contributed by atoms with E-state index in [1.165, 1.54) is 0 Å². The van der Waals surface area contributed by atoms with Crippen LogP contribution in [0.4, 0.5) is 5.69 Å². The predicted molar refractivity (Wildman–Crippen MR) is 96.4 cm³/mol. The Morgan fingerprint density at radius 1 is 1.44 bits per heavy atom. The van der Waals surface area contributed by atoms with Crippen LogP contribution in [-0.4, -0.2) is 40.6 Å². The van der Waals surface area contributed by atoms with Crippen molar-refractivity contribution in [2.24, 2.45) is 0 Å². The van der Waals surface area contributed by atoms with Gasteiger partial charge in [-0.2, -0.15) is 0 Å². The number of hydrogen-bond acceptors (Lipinski definition) is 5. The van der Waals surface area contributed by atoms with E-state index in [1.807, 2.05) is 6.92 Å². The van der Waals surface area contributed by atoms with Crippen molar-refractivity contribution in [2.75, 3.05) is 25.0 Å². The number of amides is 1. The number of nitrogens with zero attached hydrogens (tertiary/aromatic N) is 3. The summed E-state index contributed by atoms with van der Waals surface area (Å²) in [5.74, 6) is 0.303. The highest BCUT2D eigenvalue weighted by Gasteiger charge is 2.19. The molecule has 3 rings (SSSR count). The van der Waals surface area contributed by atoms with Crippen LogP contribution in [0, 0.1) is 0 Å². The van der Waals surface area contributed by atoms with Gasteiger partial charge in [-0.3, -0.25) is 4.79 Å². The molecule has 0 atom stereocenters. The summed E-state index contributed by atoms with van der Waals surface area (Å²) in [5, 5.41) is 14.7. The van der Waals surface area contributed by atoms with Gasteiger partial charge >= 0.3 is 0 Å². The van der Waals surface area contributed by atoms with Crippen LogP contribution in [0.25, 0.3) is 0 Å². The number of aromatic nitrogens is 3. The molecule has 1 fully saturated rings. The second-order valence-electron chi connectivity index (χ2n) is 6.01. The van der Waals surface area contributed by atoms with E-state index in [0.29, 0.717) is 34.8 Å². The Hall–Kier alpha value is -2.12. The van der Waals surface area contributed by atoms with E-state index in [9.17, 15) is 4.79 Å². The molecule has 1 aromatic carbocycles. The topological polar surface area (TPSA) is 81.1 Å². The molecule has 0 unspecified atom stereocenters. The number of piperidine rings is 1. The fourth-order valence-corrected chi connectivity index (χ4v) is 2.97. The lowest BCUT2D eigenvalue weighted by Gasteiger charge is -2.22. The van der Waals surface area contributed by atoms with Crippen LogP contribution in [0.1, 0.15) is 42.7 Å². The zero-order valence-electron chi connectivity index (χ0n) is 14.2. The number of nitrogens with one attached hydrogen (secondary N) is 2. The van der Waals surface area contributed by atoms with Crippen LogP contribution in [0.3, 0.4) is 0 Å². The van der Waals surface area contributed by atoms with Gasteiger partial charge < -0.3 is 15.4 Å². The van der Waals surface area contributed by atoms with E-state index in [1.54, 1.807) is 29.1 Å². The zero-order valence-corrected chi connectivity index (χ0v) is 14.9. The smallest absolute Gasteiger partial charge is 0.277 e. The Kier molecular flexibility index (Phi) is 5.88. The summed E-state index contributed by atoms with van der Waals surface area (Å²) in [4.78, 5) is 12.4. The molecule has 1 aromatic heterocycles. The molecule has 0 aliphatic carbocycles. The molecule has 2 N–H and O–H groups in total. The van der Waals surface area contributed by atoms with Gasteiger partial charge in [-0.05, 0) is 50.6 Å². The molecule has 25 heavy (non-hydrogen) atoms. The summed E-state index contributed by atoms with van der Waals surface area (Å²) >= 11 is 6.19. The van der Waals surface area contributed by atoms with E-state index in [4.69, 9.17) is 16.3 Å². The van der Waals surface area contributed by atoms with Gasteiger partial charge in [0.05, 0.1) is 23.9 Å². The second kappa shape index (κ2) is 8.31. The van der Waals surface area contributed by atoms with Gasteiger partial charge in [0.15, 0.2) is 5.69 Å². The normalized spacial score (nSPS) is 15.1. The quantitative estimate of drug-likeness (QED) is 0.824. The maximum absolute atomic E-state index is 12.4. The highest BCUT2D eigenvalue weighted by atomic mass is 35.5. The lowest BCUT2D eigenvalue weighted by molar-refractivity contribution is 0.102. The molecule has 0 radical (unpaired) electrons. The first kappa shape index (κ1) is 17.7. The number of carbonyl (C=O) groups is 1. The SMILES string of the molecule is CCCOc1ccc(NC(=O)c2cn(C3CCNCC3)nn2)cc1Cl. The molecule has 2 aromatic rings. The van der Waals surface area contributed by atoms with Gasteiger partial charge in [-0.1, -0.05) is 23.7 Å². The van der Waals surface area contributed by atoms with E-state index in [2.05, 4.69) is 20.9 Å². The first-order valence-electron chi connectivity index (χ1n) is 8.53. The van der Waals surface area contributed by atoms with Crippen LogP contribution >= 0.6 is 11.6 Å². The molecule has 7 nitrogen and oxygen atoms in total. The molecule has 1 aliphatic heterocycles. The van der Waals surface area contributed by atoms with Crippen molar-refractivity contribution in [2.45, 2.75) is 32.2 Å². The maximum Gasteiger partial charge on any atom is 0.277 e. The first-order valence-corrected chi connectivity index (χ1v) is 8.91. The lowest BCUT2D eigenvalue weighted by atomic mass is 10.1. The van der Waals surface area contributed by atoms with Gasteiger partial charge in [0.25, 0.3) is 5.91 Å². The Balaban J connectivity index is 1.64. The minimum Gasteiger partial charge on any atom is -0.492 e. The summed E-state index contributed by atoms with van der Waals surface area (Å²) in [6.07, 6.45) is 4.58. The van der Waals surface area contributed by atoms with Crippen molar-refractivity contribution in [3.63, 3.8) is 0 Å². The van der Waals surface area contributed by atoms with Crippen LogP contribution in [0.15, 0.2) is 24.4 Å². The molecular formula is C17H22ClN5O2. The van der Waals surface area contributed by atoms with Crippen LogP contribution in [0.5, 0.6) is 5.75 Å². The van der Waals surface area contributed by atoms with Crippen LogP contribution < -0.4 is 15.4 Å². The van der Waals surface area contributed by atoms with Gasteiger partial charge in [0, 0.05) is 5.69 Å². The van der Waals surface area contributed by atoms with Crippen molar-refractivity contribution >= 4 is 23.2 Å². The van der Waals surface area contributed by atoms with Gasteiger partial charge in [-0.15, -0.1) is 5.10 Å². The predicted octanol–water partition coefficient (Wildman–Crippen LogP) is 2.90. The summed E-state index contributed by atoms with van der Waals surface area (Å²) in [5.41, 5.74) is 0.885. The van der Waals surface area contributed by atoms with Crippen molar-refractivity contribution in [3.05, 3.63) is 35.1 Å². The lowest BCUT2D eigenvalue weighted by Crippen LogP contribution is -2.29. The van der Waals surface area contributed by atoms with Crippen molar-refractivity contribution in [1.29, 1.82) is 0 Å². The molecular weight excluding hydrogens is 342 g/mol. The molecule has 2 heterocycles. The third-order valence-electron chi connectivity index (χ3n) is 4.08. The standard InChI is InChI=1S/C17H22ClN5O2/c1-2-9-25-16-4-3-12(10-14(16)18)20-17(24)15-11-23(22-21-15)13-5-7-19-8-6-13/h3-4,10-11,13,19H,2,5-9H2,1H3,(H,20,24). The largest absolute Gasteiger partial charge is 0.492 e. The molecule has 1 amide bonds. The van der Waals surface area contributed by atoms with Gasteiger partial charge in [-0.25, -0.2) is 4.68 Å². The van der Waals surface area contributed by atoms with Gasteiger partial charge in [0.2, 0.25) is 0 Å². The Labute approximate surface area is 151 Å². The average Bonchev–Trinajstić information content (AvgIpc) is 3.12. The Morgan fingerprint density at radius 3 is 2.96 bits per heavy atom. The number of benzene rings is 1. The molecule has 0 spiro atoms. The molecule has 1 saturated heterocycles. The minimum atomic E-state index is -0.307. The van der Waals surface area contributed by atoms with Crippen molar-refractivity contribution < 1.29 is 9.53 Å². The molecule has 1 aliphatic rings. The number of ether oxygens (including phenoxy) is 1. The maximum atomic E-state index is 12.4. The molecule has 0 bridgehead atoms. The molecule has 134 valence electrons. The number of anilines is 1. The Morgan fingerprint density at radius 2 is 2.24 bits per heavy atom. The number of hydrogen-bond donors (Lipinski definition) is 2. The third-order valence-corrected chi connectivity index (χ3v) is 4.37. The minimum absolute atomic E-state index is 0.291. The average molecular weight is 364 g/mol. The third kappa shape index (κ3) is 4.49.